The average molecular weight is 280 g/mol. The molecule has 0 fully saturated rings. The molecule has 0 aliphatic heterocycles. The minimum atomic E-state index is -0.610. The number of carbonyl (C=O) groups is 1. The molecule has 6 nitrogen and oxygen atoms in total. The largest absolute Gasteiger partial charge is 0.504 e. The molecule has 0 aliphatic rings. The van der Waals surface area contributed by atoms with Crippen molar-refractivity contribution in [3.8, 4) is 40.6 Å². The molecule has 0 radical (unpaired) electrons. The van der Waals surface area contributed by atoms with Crippen LogP contribution in [0.5, 0.6) is 28.7 Å². The van der Waals surface area contributed by atoms with E-state index in [9.17, 15) is 9.90 Å². The van der Waals surface area contributed by atoms with Crippen LogP contribution in [0.4, 0.5) is 0 Å². The highest BCUT2D eigenvalue weighted by Gasteiger charge is 2.30. The van der Waals surface area contributed by atoms with Gasteiger partial charge in [0.1, 0.15) is 5.56 Å². The molecule has 0 heterocycles. The van der Waals surface area contributed by atoms with Gasteiger partial charge in [0.15, 0.2) is 11.5 Å². The van der Waals surface area contributed by atoms with Crippen molar-refractivity contribution in [1.82, 2.24) is 0 Å². The molecule has 1 aromatic rings. The van der Waals surface area contributed by atoms with Crippen molar-refractivity contribution < 1.29 is 28.8 Å². The van der Waals surface area contributed by atoms with Gasteiger partial charge < -0.3 is 24.1 Å². The first-order valence-corrected chi connectivity index (χ1v) is 5.63. The number of aromatic hydroxyl groups is 1. The summed E-state index contributed by atoms with van der Waals surface area (Å²) in [4.78, 5) is 12.0. The number of hydrogen-bond donors (Lipinski definition) is 1. The first kappa shape index (κ1) is 15.5. The molecule has 0 aliphatic carbocycles. The first-order chi connectivity index (χ1) is 9.56. The van der Waals surface area contributed by atoms with E-state index in [0.717, 1.165) is 0 Å². The average Bonchev–Trinajstić information content (AvgIpc) is 2.45. The molecule has 0 saturated heterocycles. The van der Waals surface area contributed by atoms with Crippen LogP contribution >= 0.6 is 0 Å². The third-order valence-electron chi connectivity index (χ3n) is 2.58. The first-order valence-electron chi connectivity index (χ1n) is 5.63. The van der Waals surface area contributed by atoms with E-state index in [1.54, 1.807) is 0 Å². The number of carbonyl (C=O) groups excluding carboxylic acids is 1. The number of benzene rings is 1. The van der Waals surface area contributed by atoms with Gasteiger partial charge in [-0.25, -0.2) is 0 Å². The summed E-state index contributed by atoms with van der Waals surface area (Å²) in [5.74, 6) is 4.08. The summed E-state index contributed by atoms with van der Waals surface area (Å²) in [6.45, 7) is 1.51. The zero-order valence-electron chi connectivity index (χ0n) is 12.0. The van der Waals surface area contributed by atoms with E-state index in [0.29, 0.717) is 0 Å². The Morgan fingerprint density at radius 1 is 0.900 bits per heavy atom. The van der Waals surface area contributed by atoms with E-state index >= 15 is 0 Å². The maximum atomic E-state index is 12.0. The molecule has 6 heteroatoms. The second-order valence-corrected chi connectivity index (χ2v) is 3.56. The topological polar surface area (TPSA) is 74.2 Å². The van der Waals surface area contributed by atoms with Crippen LogP contribution in [-0.2, 0) is 0 Å². The molecule has 0 bridgehead atoms. The van der Waals surface area contributed by atoms with Crippen molar-refractivity contribution in [2.24, 2.45) is 0 Å². The molecular formula is C14H16O6. The molecule has 0 spiro atoms. The van der Waals surface area contributed by atoms with E-state index in [1.165, 1.54) is 35.4 Å². The van der Waals surface area contributed by atoms with Crippen LogP contribution in [0, 0.1) is 11.8 Å². The smallest absolute Gasteiger partial charge is 0.243 e. The number of rotatable bonds is 5. The minimum absolute atomic E-state index is 0.0218. The lowest BCUT2D eigenvalue weighted by Gasteiger charge is -2.18. The maximum Gasteiger partial charge on any atom is 0.243 e. The molecule has 20 heavy (non-hydrogen) atoms. The van der Waals surface area contributed by atoms with Gasteiger partial charge >= 0.3 is 0 Å². The third kappa shape index (κ3) is 2.43. The number of phenols is 1. The Hall–Kier alpha value is -2.55. The summed E-state index contributed by atoms with van der Waals surface area (Å²) in [6.07, 6.45) is 0. The molecule has 0 amide bonds. The number of ketones is 1. The highest BCUT2D eigenvalue weighted by molar-refractivity contribution is 6.14. The number of ether oxygens (including phenoxy) is 4. The Morgan fingerprint density at radius 2 is 1.35 bits per heavy atom. The van der Waals surface area contributed by atoms with Crippen molar-refractivity contribution in [3.63, 3.8) is 0 Å². The quantitative estimate of drug-likeness (QED) is 0.502. The van der Waals surface area contributed by atoms with Gasteiger partial charge in [0.25, 0.3) is 0 Å². The number of methoxy groups -OCH3 is 4. The molecule has 0 saturated carbocycles. The van der Waals surface area contributed by atoms with E-state index in [2.05, 4.69) is 11.8 Å². The van der Waals surface area contributed by atoms with Crippen molar-refractivity contribution in [2.45, 2.75) is 6.92 Å². The van der Waals surface area contributed by atoms with E-state index in [1.807, 2.05) is 0 Å². The van der Waals surface area contributed by atoms with Crippen LogP contribution in [0.3, 0.4) is 0 Å². The van der Waals surface area contributed by atoms with E-state index in [4.69, 9.17) is 18.9 Å². The summed E-state index contributed by atoms with van der Waals surface area (Å²) in [5, 5.41) is 10.2. The third-order valence-corrected chi connectivity index (χ3v) is 2.58. The zero-order chi connectivity index (χ0) is 15.3. The number of hydrogen-bond acceptors (Lipinski definition) is 6. The molecule has 0 aromatic heterocycles. The Kier molecular flexibility index (Phi) is 5.09. The van der Waals surface area contributed by atoms with Crippen molar-refractivity contribution in [3.05, 3.63) is 5.56 Å². The summed E-state index contributed by atoms with van der Waals surface area (Å²) >= 11 is 0. The Bertz CT molecular complexity index is 580. The van der Waals surface area contributed by atoms with Gasteiger partial charge in [-0.05, 0) is 12.8 Å². The van der Waals surface area contributed by atoms with Gasteiger partial charge in [0.2, 0.25) is 23.0 Å². The van der Waals surface area contributed by atoms with Crippen molar-refractivity contribution in [1.29, 1.82) is 0 Å². The fourth-order valence-corrected chi connectivity index (χ4v) is 1.79. The Morgan fingerprint density at radius 3 is 1.75 bits per heavy atom. The molecule has 108 valence electrons. The predicted molar refractivity (Wildman–Crippen MR) is 72.1 cm³/mol. The highest BCUT2D eigenvalue weighted by atomic mass is 16.5. The van der Waals surface area contributed by atoms with Crippen molar-refractivity contribution >= 4 is 5.78 Å². The molecule has 1 rings (SSSR count). The fraction of sp³-hybridized carbons (Fsp3) is 0.357. The number of Topliss-reactive ketones (excluding diaryl/α,β-unsaturated/α-hetero) is 1. The Labute approximate surface area is 117 Å². The maximum absolute atomic E-state index is 12.0. The van der Waals surface area contributed by atoms with Crippen LogP contribution < -0.4 is 18.9 Å². The second-order valence-electron chi connectivity index (χ2n) is 3.56. The number of phenolic OH excluding ortho intramolecular Hbond substituents is 1. The normalized spacial score (nSPS) is 9.25. The van der Waals surface area contributed by atoms with Crippen molar-refractivity contribution in [2.75, 3.05) is 28.4 Å². The monoisotopic (exact) mass is 280 g/mol. The summed E-state index contributed by atoms with van der Waals surface area (Å²) in [7, 11) is 5.45. The second kappa shape index (κ2) is 6.57. The van der Waals surface area contributed by atoms with E-state index < -0.39 is 11.5 Å². The summed E-state index contributed by atoms with van der Waals surface area (Å²) in [6, 6.07) is 0. The standard InChI is InChI=1S/C14H16O6/c1-6-7-8(15)9-10(16)12(18-3)14(20-5)13(19-4)11(9)17-2/h16H,1-5H3. The van der Waals surface area contributed by atoms with Gasteiger partial charge in [-0.15, -0.1) is 0 Å². The zero-order valence-corrected chi connectivity index (χ0v) is 12.0. The molecular weight excluding hydrogens is 264 g/mol. The van der Waals surface area contributed by atoms with Gasteiger partial charge in [-0.1, -0.05) is 5.92 Å². The molecule has 1 aromatic carbocycles. The molecule has 0 atom stereocenters. The lowest BCUT2D eigenvalue weighted by Crippen LogP contribution is -2.06. The van der Waals surface area contributed by atoms with Crippen LogP contribution in [0.2, 0.25) is 0 Å². The minimum Gasteiger partial charge on any atom is -0.504 e. The molecule has 0 unspecified atom stereocenters. The lowest BCUT2D eigenvalue weighted by atomic mass is 10.1. The Balaban J connectivity index is 3.81. The van der Waals surface area contributed by atoms with Gasteiger partial charge in [0.05, 0.1) is 28.4 Å². The SMILES string of the molecule is CC#CC(=O)c1c(O)c(OC)c(OC)c(OC)c1OC. The predicted octanol–water partition coefficient (Wildman–Crippen LogP) is 1.63. The van der Waals surface area contributed by atoms with Gasteiger partial charge in [-0.3, -0.25) is 4.79 Å². The summed E-state index contributed by atoms with van der Waals surface area (Å²) < 4.78 is 20.5. The lowest BCUT2D eigenvalue weighted by molar-refractivity contribution is 0.104. The summed E-state index contributed by atoms with van der Waals surface area (Å²) in [5.41, 5.74) is -0.128. The van der Waals surface area contributed by atoms with Crippen LogP contribution in [0.25, 0.3) is 0 Å². The van der Waals surface area contributed by atoms with Crippen LogP contribution in [0.1, 0.15) is 17.3 Å². The van der Waals surface area contributed by atoms with Crippen LogP contribution in [0.15, 0.2) is 0 Å². The highest BCUT2D eigenvalue weighted by Crippen LogP contribution is 2.52. The van der Waals surface area contributed by atoms with Gasteiger partial charge in [0, 0.05) is 0 Å². The molecule has 1 N–H and O–H groups in total. The fourth-order valence-electron chi connectivity index (χ4n) is 1.79. The van der Waals surface area contributed by atoms with Gasteiger partial charge in [-0.2, -0.15) is 0 Å². The van der Waals surface area contributed by atoms with E-state index in [-0.39, 0.29) is 28.6 Å². The van der Waals surface area contributed by atoms with Crippen LogP contribution in [-0.4, -0.2) is 39.3 Å².